The minimum atomic E-state index is -0.453. The van der Waals surface area contributed by atoms with Crippen molar-refractivity contribution in [1.82, 2.24) is 9.80 Å². The number of likely N-dealkylation sites (N-methyl/N-ethyl adjacent to an activating group) is 1. The molecule has 0 spiro atoms. The van der Waals surface area contributed by atoms with E-state index in [9.17, 15) is 14.4 Å². The van der Waals surface area contributed by atoms with Gasteiger partial charge in [-0.1, -0.05) is 15.9 Å². The molecular weight excluding hydrogens is 288 g/mol. The smallest absolute Gasteiger partial charge is 0.251 e. The molecule has 0 radical (unpaired) electrons. The minimum absolute atomic E-state index is 0.0302. The van der Waals surface area contributed by atoms with Crippen LogP contribution in [-0.4, -0.2) is 52.0 Å². The van der Waals surface area contributed by atoms with Gasteiger partial charge < -0.3 is 4.90 Å². The molecule has 2 unspecified atom stereocenters. The predicted octanol–water partition coefficient (Wildman–Crippen LogP) is 0.520. The van der Waals surface area contributed by atoms with Gasteiger partial charge in [-0.2, -0.15) is 0 Å². The molecule has 17 heavy (non-hydrogen) atoms. The van der Waals surface area contributed by atoms with Gasteiger partial charge in [0, 0.05) is 20.0 Å². The Morgan fingerprint density at radius 1 is 1.18 bits per heavy atom. The summed E-state index contributed by atoms with van der Waals surface area (Å²) in [5.41, 5.74) is 0. The van der Waals surface area contributed by atoms with Crippen LogP contribution in [0, 0.1) is 0 Å². The number of halogens is 1. The average Bonchev–Trinajstić information content (AvgIpc) is 2.31. The fourth-order valence-corrected chi connectivity index (χ4v) is 2.94. The predicted molar refractivity (Wildman–Crippen MR) is 64.5 cm³/mol. The fraction of sp³-hybridized carbons (Fsp3) is 0.727. The van der Waals surface area contributed by atoms with Gasteiger partial charge in [0.15, 0.2) is 0 Å². The highest BCUT2D eigenvalue weighted by molar-refractivity contribution is 9.10. The summed E-state index contributed by atoms with van der Waals surface area (Å²) in [6.07, 6.45) is 2.49. The first kappa shape index (κ1) is 12.5. The molecule has 0 N–H and O–H groups in total. The number of carbonyl (C=O) groups is 3. The summed E-state index contributed by atoms with van der Waals surface area (Å²) in [5.74, 6) is -0.445. The van der Waals surface area contributed by atoms with E-state index in [-0.39, 0.29) is 22.5 Å². The van der Waals surface area contributed by atoms with Gasteiger partial charge in [-0.3, -0.25) is 19.3 Å². The Kier molecular flexibility index (Phi) is 3.51. The van der Waals surface area contributed by atoms with Gasteiger partial charge in [0.05, 0.1) is 4.83 Å². The molecule has 2 aliphatic heterocycles. The van der Waals surface area contributed by atoms with Gasteiger partial charge in [0.1, 0.15) is 6.04 Å². The molecule has 94 valence electrons. The summed E-state index contributed by atoms with van der Waals surface area (Å²) >= 11 is 3.32. The molecular formula is C11H15BrN2O3. The number of rotatable bonds is 1. The molecule has 2 saturated heterocycles. The molecule has 0 aliphatic carbocycles. The van der Waals surface area contributed by atoms with Gasteiger partial charge in [-0.15, -0.1) is 0 Å². The summed E-state index contributed by atoms with van der Waals surface area (Å²) < 4.78 is 0. The normalized spacial score (nSPS) is 31.1. The van der Waals surface area contributed by atoms with Crippen molar-refractivity contribution in [2.75, 3.05) is 13.6 Å². The topological polar surface area (TPSA) is 57.7 Å². The van der Waals surface area contributed by atoms with Crippen LogP contribution in [-0.2, 0) is 14.4 Å². The highest BCUT2D eigenvalue weighted by atomic mass is 79.9. The number of piperidine rings is 2. The average molecular weight is 303 g/mol. The van der Waals surface area contributed by atoms with E-state index in [0.29, 0.717) is 19.4 Å². The zero-order chi connectivity index (χ0) is 12.6. The number of hydrogen-bond acceptors (Lipinski definition) is 3. The molecule has 0 aromatic rings. The Labute approximate surface area is 108 Å². The number of likely N-dealkylation sites (tertiary alicyclic amines) is 2. The minimum Gasteiger partial charge on any atom is -0.330 e. The fourth-order valence-electron chi connectivity index (χ4n) is 2.35. The summed E-state index contributed by atoms with van der Waals surface area (Å²) in [7, 11) is 1.48. The third-order valence-electron chi connectivity index (χ3n) is 3.41. The number of imide groups is 1. The lowest BCUT2D eigenvalue weighted by molar-refractivity contribution is -0.156. The molecule has 2 aliphatic rings. The Balaban J connectivity index is 2.14. The van der Waals surface area contributed by atoms with Crippen molar-refractivity contribution < 1.29 is 14.4 Å². The maximum Gasteiger partial charge on any atom is 0.251 e. The first-order valence-electron chi connectivity index (χ1n) is 5.77. The van der Waals surface area contributed by atoms with E-state index in [1.807, 2.05) is 0 Å². The first-order chi connectivity index (χ1) is 8.02. The molecule has 2 heterocycles. The SMILES string of the molecule is CN1C(=O)CCC(N2CCCC(Br)C2=O)C1=O. The lowest BCUT2D eigenvalue weighted by atomic mass is 9.99. The van der Waals surface area contributed by atoms with Crippen LogP contribution in [0.1, 0.15) is 25.7 Å². The van der Waals surface area contributed by atoms with Gasteiger partial charge >= 0.3 is 0 Å². The van der Waals surface area contributed by atoms with E-state index in [4.69, 9.17) is 0 Å². The van der Waals surface area contributed by atoms with Crippen LogP contribution < -0.4 is 0 Å². The van der Waals surface area contributed by atoms with Crippen molar-refractivity contribution in [2.24, 2.45) is 0 Å². The summed E-state index contributed by atoms with van der Waals surface area (Å²) in [6.45, 7) is 0.610. The molecule has 0 aromatic heterocycles. The van der Waals surface area contributed by atoms with Crippen molar-refractivity contribution in [3.8, 4) is 0 Å². The van der Waals surface area contributed by atoms with E-state index in [0.717, 1.165) is 17.7 Å². The maximum absolute atomic E-state index is 12.0. The van der Waals surface area contributed by atoms with Crippen molar-refractivity contribution in [1.29, 1.82) is 0 Å². The van der Waals surface area contributed by atoms with E-state index in [1.165, 1.54) is 7.05 Å². The van der Waals surface area contributed by atoms with Crippen LogP contribution in [0.3, 0.4) is 0 Å². The van der Waals surface area contributed by atoms with Crippen LogP contribution >= 0.6 is 15.9 Å². The zero-order valence-electron chi connectivity index (χ0n) is 9.69. The van der Waals surface area contributed by atoms with Crippen LogP contribution in [0.4, 0.5) is 0 Å². The molecule has 2 rings (SSSR count). The second-order valence-corrected chi connectivity index (χ2v) is 5.59. The highest BCUT2D eigenvalue weighted by Crippen LogP contribution is 2.25. The van der Waals surface area contributed by atoms with Gasteiger partial charge in [0.25, 0.3) is 5.91 Å². The standard InChI is InChI=1S/C11H15BrN2O3/c1-13-9(15)5-4-8(11(13)17)14-6-2-3-7(12)10(14)16/h7-8H,2-6H2,1H3. The molecule has 0 saturated carbocycles. The van der Waals surface area contributed by atoms with Crippen molar-refractivity contribution >= 4 is 33.7 Å². The first-order valence-corrected chi connectivity index (χ1v) is 6.69. The highest BCUT2D eigenvalue weighted by Gasteiger charge is 2.40. The largest absolute Gasteiger partial charge is 0.330 e. The molecule has 3 amide bonds. The molecule has 5 nitrogen and oxygen atoms in total. The summed E-state index contributed by atoms with van der Waals surface area (Å²) in [6, 6.07) is -0.453. The maximum atomic E-state index is 12.0. The Morgan fingerprint density at radius 3 is 2.59 bits per heavy atom. The lowest BCUT2D eigenvalue weighted by Gasteiger charge is -2.39. The van der Waals surface area contributed by atoms with E-state index < -0.39 is 6.04 Å². The van der Waals surface area contributed by atoms with Crippen LogP contribution in [0.2, 0.25) is 0 Å². The van der Waals surface area contributed by atoms with Crippen LogP contribution in [0.15, 0.2) is 0 Å². The number of alkyl halides is 1. The molecule has 0 aromatic carbocycles. The molecule has 0 bridgehead atoms. The van der Waals surface area contributed by atoms with Gasteiger partial charge in [-0.05, 0) is 19.3 Å². The number of carbonyl (C=O) groups excluding carboxylic acids is 3. The monoisotopic (exact) mass is 302 g/mol. The lowest BCUT2D eigenvalue weighted by Crippen LogP contribution is -2.57. The second kappa shape index (κ2) is 4.76. The van der Waals surface area contributed by atoms with Crippen molar-refractivity contribution in [3.05, 3.63) is 0 Å². The summed E-state index contributed by atoms with van der Waals surface area (Å²) in [5, 5.41) is 0. The number of amides is 3. The third kappa shape index (κ3) is 2.22. The Bertz CT molecular complexity index is 372. The van der Waals surface area contributed by atoms with Crippen LogP contribution in [0.25, 0.3) is 0 Å². The Morgan fingerprint density at radius 2 is 1.88 bits per heavy atom. The van der Waals surface area contributed by atoms with Crippen LogP contribution in [0.5, 0.6) is 0 Å². The zero-order valence-corrected chi connectivity index (χ0v) is 11.3. The third-order valence-corrected chi connectivity index (χ3v) is 4.25. The quantitative estimate of drug-likeness (QED) is 0.524. The molecule has 2 fully saturated rings. The van der Waals surface area contributed by atoms with Crippen molar-refractivity contribution in [3.63, 3.8) is 0 Å². The molecule has 2 atom stereocenters. The van der Waals surface area contributed by atoms with E-state index in [2.05, 4.69) is 15.9 Å². The number of hydrogen-bond donors (Lipinski definition) is 0. The van der Waals surface area contributed by atoms with E-state index >= 15 is 0 Å². The van der Waals surface area contributed by atoms with Gasteiger partial charge in [0.2, 0.25) is 11.8 Å². The molecule has 6 heteroatoms. The van der Waals surface area contributed by atoms with Gasteiger partial charge in [-0.25, -0.2) is 0 Å². The summed E-state index contributed by atoms with van der Waals surface area (Å²) in [4.78, 5) is 37.9. The van der Waals surface area contributed by atoms with Crippen molar-refractivity contribution in [2.45, 2.75) is 36.6 Å². The number of nitrogens with zero attached hydrogens (tertiary/aromatic N) is 2. The second-order valence-electron chi connectivity index (χ2n) is 4.49. The Hall–Kier alpha value is -0.910. The van der Waals surface area contributed by atoms with E-state index in [1.54, 1.807) is 4.90 Å².